The molecule has 1 aliphatic rings. The fourth-order valence-corrected chi connectivity index (χ4v) is 2.69. The lowest BCUT2D eigenvalue weighted by molar-refractivity contribution is 0.292. The van der Waals surface area contributed by atoms with Crippen LogP contribution in [-0.2, 0) is 0 Å². The molecule has 1 saturated carbocycles. The van der Waals surface area contributed by atoms with Crippen LogP contribution in [0.4, 0.5) is 11.9 Å². The number of aromatic nitrogens is 3. The zero-order valence-corrected chi connectivity index (χ0v) is 13.4. The third-order valence-electron chi connectivity index (χ3n) is 3.85. The molecule has 0 amide bonds. The van der Waals surface area contributed by atoms with Gasteiger partial charge in [0.05, 0.1) is 6.61 Å². The van der Waals surface area contributed by atoms with Crippen molar-refractivity contribution in [2.75, 3.05) is 23.8 Å². The van der Waals surface area contributed by atoms with E-state index in [2.05, 4.69) is 39.4 Å². The summed E-state index contributed by atoms with van der Waals surface area (Å²) >= 11 is 0. The lowest BCUT2D eigenvalue weighted by Gasteiger charge is -2.20. The van der Waals surface area contributed by atoms with Crippen molar-refractivity contribution < 1.29 is 4.74 Å². The van der Waals surface area contributed by atoms with Crippen molar-refractivity contribution in [3.63, 3.8) is 0 Å². The Morgan fingerprint density at radius 1 is 1.14 bits per heavy atom. The van der Waals surface area contributed by atoms with Crippen LogP contribution in [0, 0.1) is 5.92 Å². The first-order chi connectivity index (χ1) is 10.2. The van der Waals surface area contributed by atoms with E-state index in [-0.39, 0.29) is 0 Å². The van der Waals surface area contributed by atoms with Gasteiger partial charge >= 0.3 is 6.01 Å². The van der Waals surface area contributed by atoms with E-state index in [0.29, 0.717) is 36.5 Å². The van der Waals surface area contributed by atoms with Gasteiger partial charge in [-0.3, -0.25) is 0 Å². The smallest absolute Gasteiger partial charge is 0.323 e. The summed E-state index contributed by atoms with van der Waals surface area (Å²) in [6.45, 7) is 7.68. The maximum Gasteiger partial charge on any atom is 0.323 e. The maximum absolute atomic E-state index is 5.55. The van der Waals surface area contributed by atoms with Crippen LogP contribution < -0.4 is 15.4 Å². The number of nitrogens with zero attached hydrogens (tertiary/aromatic N) is 3. The van der Waals surface area contributed by atoms with Crippen molar-refractivity contribution in [1.82, 2.24) is 15.0 Å². The van der Waals surface area contributed by atoms with Gasteiger partial charge in [-0.1, -0.05) is 19.8 Å². The van der Waals surface area contributed by atoms with Crippen LogP contribution in [-0.4, -0.2) is 34.1 Å². The first-order valence-electron chi connectivity index (χ1n) is 8.12. The average Bonchev–Trinajstić information content (AvgIpc) is 2.99. The van der Waals surface area contributed by atoms with Crippen LogP contribution in [0.25, 0.3) is 0 Å². The quantitative estimate of drug-likeness (QED) is 0.767. The van der Waals surface area contributed by atoms with Crippen molar-refractivity contribution in [1.29, 1.82) is 0 Å². The fraction of sp³-hybridized carbons (Fsp3) is 0.800. The van der Waals surface area contributed by atoms with Crippen LogP contribution in [0.2, 0.25) is 0 Å². The second-order valence-electron chi connectivity index (χ2n) is 5.62. The minimum atomic E-state index is 0.378. The van der Waals surface area contributed by atoms with Crippen LogP contribution in [0.15, 0.2) is 0 Å². The summed E-state index contributed by atoms with van der Waals surface area (Å²) < 4.78 is 5.55. The number of hydrogen-bond donors (Lipinski definition) is 2. The zero-order chi connectivity index (χ0) is 15.1. The van der Waals surface area contributed by atoms with E-state index in [1.165, 1.54) is 25.7 Å². The van der Waals surface area contributed by atoms with Crippen molar-refractivity contribution in [3.8, 4) is 6.01 Å². The lowest BCUT2D eigenvalue weighted by Crippen LogP contribution is -2.25. The molecule has 1 heterocycles. The van der Waals surface area contributed by atoms with Gasteiger partial charge in [-0.25, -0.2) is 0 Å². The highest BCUT2D eigenvalue weighted by atomic mass is 16.5. The molecule has 1 aromatic heterocycles. The highest BCUT2D eigenvalue weighted by Gasteiger charge is 2.22. The molecule has 1 unspecified atom stereocenters. The van der Waals surface area contributed by atoms with Gasteiger partial charge in [0, 0.05) is 12.6 Å². The molecular formula is C15H27N5O. The number of ether oxygens (including phenoxy) is 1. The predicted octanol–water partition coefficient (Wildman–Crippen LogP) is 3.08. The Bertz CT molecular complexity index is 434. The first kappa shape index (κ1) is 15.8. The van der Waals surface area contributed by atoms with Crippen molar-refractivity contribution in [2.24, 2.45) is 5.92 Å². The molecule has 0 aliphatic heterocycles. The van der Waals surface area contributed by atoms with Crippen molar-refractivity contribution in [2.45, 2.75) is 58.9 Å². The number of hydrogen-bond acceptors (Lipinski definition) is 6. The third kappa shape index (κ3) is 4.72. The molecule has 21 heavy (non-hydrogen) atoms. The van der Waals surface area contributed by atoms with Crippen LogP contribution in [0.3, 0.4) is 0 Å². The summed E-state index contributed by atoms with van der Waals surface area (Å²) in [6.07, 6.45) is 6.18. The first-order valence-corrected chi connectivity index (χ1v) is 8.12. The van der Waals surface area contributed by atoms with Crippen molar-refractivity contribution in [3.05, 3.63) is 0 Å². The Labute approximate surface area is 127 Å². The Morgan fingerprint density at radius 2 is 1.86 bits per heavy atom. The molecule has 1 atom stereocenters. The number of anilines is 2. The minimum Gasteiger partial charge on any atom is -0.463 e. The summed E-state index contributed by atoms with van der Waals surface area (Å²) in [4.78, 5) is 13.1. The molecule has 2 N–H and O–H groups in total. The molecular weight excluding hydrogens is 266 g/mol. The molecule has 0 bridgehead atoms. The van der Waals surface area contributed by atoms with E-state index in [1.807, 2.05) is 6.92 Å². The molecule has 1 fully saturated rings. The second kappa shape index (κ2) is 8.00. The summed E-state index contributed by atoms with van der Waals surface area (Å²) in [7, 11) is 0. The molecule has 0 radical (unpaired) electrons. The summed E-state index contributed by atoms with van der Waals surface area (Å²) in [5, 5.41) is 6.54. The zero-order valence-electron chi connectivity index (χ0n) is 13.4. The summed E-state index contributed by atoms with van der Waals surface area (Å²) in [5.41, 5.74) is 0. The molecule has 1 aromatic rings. The third-order valence-corrected chi connectivity index (χ3v) is 3.85. The Balaban J connectivity index is 2.06. The van der Waals surface area contributed by atoms with Crippen molar-refractivity contribution >= 4 is 11.9 Å². The topological polar surface area (TPSA) is 72.0 Å². The van der Waals surface area contributed by atoms with Gasteiger partial charge < -0.3 is 15.4 Å². The molecule has 1 aliphatic carbocycles. The molecule has 118 valence electrons. The highest BCUT2D eigenvalue weighted by molar-refractivity contribution is 5.36. The maximum atomic E-state index is 5.55. The van der Waals surface area contributed by atoms with Gasteiger partial charge in [-0.2, -0.15) is 15.0 Å². The number of nitrogens with one attached hydrogen (secondary N) is 2. The largest absolute Gasteiger partial charge is 0.463 e. The molecule has 0 saturated heterocycles. The van der Waals surface area contributed by atoms with Gasteiger partial charge in [0.2, 0.25) is 11.9 Å². The number of rotatable bonds is 8. The summed E-state index contributed by atoms with van der Waals surface area (Å²) in [5.74, 6) is 1.88. The molecule has 6 heteroatoms. The fourth-order valence-electron chi connectivity index (χ4n) is 2.69. The Morgan fingerprint density at radius 3 is 2.52 bits per heavy atom. The monoisotopic (exact) mass is 293 g/mol. The van der Waals surface area contributed by atoms with E-state index < -0.39 is 0 Å². The molecule has 0 spiro atoms. The van der Waals surface area contributed by atoms with Gasteiger partial charge in [0.1, 0.15) is 0 Å². The molecule has 2 rings (SSSR count). The van der Waals surface area contributed by atoms with Gasteiger partial charge in [-0.05, 0) is 39.0 Å². The van der Waals surface area contributed by atoms with Crippen LogP contribution in [0.5, 0.6) is 6.01 Å². The van der Waals surface area contributed by atoms with Crippen LogP contribution >= 0.6 is 0 Å². The van der Waals surface area contributed by atoms with Gasteiger partial charge in [0.25, 0.3) is 0 Å². The Hall–Kier alpha value is -1.59. The lowest BCUT2D eigenvalue weighted by atomic mass is 10.0. The van der Waals surface area contributed by atoms with Crippen LogP contribution in [0.1, 0.15) is 52.9 Å². The molecule has 0 aromatic carbocycles. The van der Waals surface area contributed by atoms with Gasteiger partial charge in [0.15, 0.2) is 0 Å². The molecule has 6 nitrogen and oxygen atoms in total. The predicted molar refractivity (Wildman–Crippen MR) is 84.8 cm³/mol. The van der Waals surface area contributed by atoms with E-state index in [0.717, 1.165) is 13.0 Å². The average molecular weight is 293 g/mol. The van der Waals surface area contributed by atoms with Gasteiger partial charge in [-0.15, -0.1) is 0 Å². The SMILES string of the molecule is CCCOc1nc(NCC)nc(NC(C)C2CCCC2)n1. The van der Waals surface area contributed by atoms with E-state index in [9.17, 15) is 0 Å². The minimum absolute atomic E-state index is 0.378. The van der Waals surface area contributed by atoms with E-state index >= 15 is 0 Å². The highest BCUT2D eigenvalue weighted by Crippen LogP contribution is 2.29. The van der Waals surface area contributed by atoms with E-state index in [1.54, 1.807) is 0 Å². The second-order valence-corrected chi connectivity index (χ2v) is 5.62. The Kier molecular flexibility index (Phi) is 6.02. The summed E-state index contributed by atoms with van der Waals surface area (Å²) in [6, 6.07) is 0.771. The normalized spacial score (nSPS) is 16.7. The van der Waals surface area contributed by atoms with E-state index in [4.69, 9.17) is 4.74 Å². The standard InChI is InChI=1S/C15H27N5O/c1-4-10-21-15-19-13(16-5-2)18-14(20-15)17-11(3)12-8-6-7-9-12/h11-12H,4-10H2,1-3H3,(H2,16,17,18,19,20).